The SMILES string of the molecule is CN(C)c1cnc(CC2COCCN(S(C)(=O)=O)C2)cn1. The van der Waals surface area contributed by atoms with Crippen molar-refractivity contribution in [3.63, 3.8) is 0 Å². The van der Waals surface area contributed by atoms with Crippen molar-refractivity contribution in [3.8, 4) is 0 Å². The van der Waals surface area contributed by atoms with Crippen molar-refractivity contribution < 1.29 is 13.2 Å². The largest absolute Gasteiger partial charge is 0.380 e. The second kappa shape index (κ2) is 6.67. The summed E-state index contributed by atoms with van der Waals surface area (Å²) in [5, 5.41) is 0. The van der Waals surface area contributed by atoms with Crippen molar-refractivity contribution in [2.24, 2.45) is 5.92 Å². The summed E-state index contributed by atoms with van der Waals surface area (Å²) in [5.74, 6) is 0.898. The lowest BCUT2D eigenvalue weighted by molar-refractivity contribution is 0.122. The Labute approximate surface area is 126 Å². The van der Waals surface area contributed by atoms with Crippen LogP contribution in [0.1, 0.15) is 5.69 Å². The van der Waals surface area contributed by atoms with Crippen LogP contribution in [0.25, 0.3) is 0 Å². The normalized spacial score (nSPS) is 21.0. The average Bonchev–Trinajstić information content (AvgIpc) is 2.64. The van der Waals surface area contributed by atoms with Crippen LogP contribution in [0.5, 0.6) is 0 Å². The Morgan fingerprint density at radius 2 is 2.14 bits per heavy atom. The van der Waals surface area contributed by atoms with E-state index in [0.29, 0.717) is 32.7 Å². The maximum Gasteiger partial charge on any atom is 0.211 e. The van der Waals surface area contributed by atoms with Gasteiger partial charge in [-0.05, 0) is 6.42 Å². The molecule has 1 atom stereocenters. The van der Waals surface area contributed by atoms with E-state index in [0.717, 1.165) is 11.5 Å². The van der Waals surface area contributed by atoms with Crippen molar-refractivity contribution in [2.75, 3.05) is 51.6 Å². The predicted octanol–water partition coefficient (Wildman–Crippen LogP) is -0.00690. The molecule has 0 aliphatic carbocycles. The highest BCUT2D eigenvalue weighted by molar-refractivity contribution is 7.88. The fourth-order valence-electron chi connectivity index (χ4n) is 2.25. The lowest BCUT2D eigenvalue weighted by atomic mass is 10.0. The lowest BCUT2D eigenvalue weighted by Gasteiger charge is -2.21. The van der Waals surface area contributed by atoms with Gasteiger partial charge in [-0.2, -0.15) is 4.31 Å². The number of anilines is 1. The number of ether oxygens (including phenoxy) is 1. The number of sulfonamides is 1. The molecule has 2 heterocycles. The molecule has 0 bridgehead atoms. The maximum absolute atomic E-state index is 11.7. The van der Waals surface area contributed by atoms with Gasteiger partial charge in [0.2, 0.25) is 10.0 Å². The van der Waals surface area contributed by atoms with Gasteiger partial charge in [0.05, 0.1) is 37.6 Å². The van der Waals surface area contributed by atoms with Gasteiger partial charge in [-0.1, -0.05) is 0 Å². The Morgan fingerprint density at radius 3 is 2.71 bits per heavy atom. The van der Waals surface area contributed by atoms with Crippen LogP contribution in [0.3, 0.4) is 0 Å². The minimum absolute atomic E-state index is 0.0988. The molecular formula is C13H22N4O3S. The van der Waals surface area contributed by atoms with E-state index in [9.17, 15) is 8.42 Å². The molecule has 1 unspecified atom stereocenters. The fraction of sp³-hybridized carbons (Fsp3) is 0.692. The molecule has 0 radical (unpaired) electrons. The fourth-order valence-corrected chi connectivity index (χ4v) is 3.14. The number of aromatic nitrogens is 2. The van der Waals surface area contributed by atoms with Gasteiger partial charge in [-0.15, -0.1) is 0 Å². The molecule has 2 rings (SSSR count). The van der Waals surface area contributed by atoms with Crippen LogP contribution in [-0.2, 0) is 21.2 Å². The van der Waals surface area contributed by atoms with Crippen molar-refractivity contribution in [2.45, 2.75) is 6.42 Å². The first-order valence-electron chi connectivity index (χ1n) is 6.87. The zero-order valence-electron chi connectivity index (χ0n) is 12.7. The van der Waals surface area contributed by atoms with Crippen molar-refractivity contribution >= 4 is 15.8 Å². The third-order valence-electron chi connectivity index (χ3n) is 3.42. The molecule has 0 aromatic carbocycles. The summed E-state index contributed by atoms with van der Waals surface area (Å²) in [7, 11) is 0.637. The van der Waals surface area contributed by atoms with Crippen molar-refractivity contribution in [1.29, 1.82) is 0 Å². The maximum atomic E-state index is 11.7. The zero-order chi connectivity index (χ0) is 15.5. The summed E-state index contributed by atoms with van der Waals surface area (Å²) in [6, 6.07) is 0. The van der Waals surface area contributed by atoms with E-state index in [1.165, 1.54) is 10.6 Å². The molecule has 1 aromatic heterocycles. The number of nitrogens with zero attached hydrogens (tertiary/aromatic N) is 4. The quantitative estimate of drug-likeness (QED) is 0.778. The second-order valence-electron chi connectivity index (χ2n) is 5.53. The topological polar surface area (TPSA) is 75.6 Å². The van der Waals surface area contributed by atoms with Gasteiger partial charge < -0.3 is 9.64 Å². The molecule has 118 valence electrons. The van der Waals surface area contributed by atoms with Gasteiger partial charge in [0.25, 0.3) is 0 Å². The summed E-state index contributed by atoms with van der Waals surface area (Å²) in [6.07, 6.45) is 5.36. The first kappa shape index (κ1) is 16.1. The zero-order valence-corrected chi connectivity index (χ0v) is 13.5. The minimum Gasteiger partial charge on any atom is -0.380 e. The lowest BCUT2D eigenvalue weighted by Crippen LogP contribution is -2.35. The molecule has 1 aromatic rings. The molecule has 0 saturated carbocycles. The van der Waals surface area contributed by atoms with E-state index in [2.05, 4.69) is 9.97 Å². The highest BCUT2D eigenvalue weighted by Gasteiger charge is 2.25. The van der Waals surface area contributed by atoms with Crippen molar-refractivity contribution in [3.05, 3.63) is 18.1 Å². The summed E-state index contributed by atoms with van der Waals surface area (Å²) in [6.45, 7) is 1.87. The van der Waals surface area contributed by atoms with Gasteiger partial charge in [-0.3, -0.25) is 4.98 Å². The Balaban J connectivity index is 2.03. The van der Waals surface area contributed by atoms with E-state index >= 15 is 0 Å². The first-order chi connectivity index (χ1) is 9.86. The van der Waals surface area contributed by atoms with Crippen LogP contribution in [0, 0.1) is 5.92 Å². The van der Waals surface area contributed by atoms with Crippen LogP contribution in [0.4, 0.5) is 5.82 Å². The molecule has 1 saturated heterocycles. The number of rotatable bonds is 4. The van der Waals surface area contributed by atoms with Crippen LogP contribution >= 0.6 is 0 Å². The molecule has 0 spiro atoms. The standard InChI is InChI=1S/C13H22N4O3S/c1-16(2)13-8-14-12(7-15-13)6-11-9-17(21(3,18)19)4-5-20-10-11/h7-8,11H,4-6,9-10H2,1-3H3. The van der Waals surface area contributed by atoms with Crippen molar-refractivity contribution in [1.82, 2.24) is 14.3 Å². The smallest absolute Gasteiger partial charge is 0.211 e. The number of hydrogen-bond acceptors (Lipinski definition) is 6. The van der Waals surface area contributed by atoms with E-state index in [4.69, 9.17) is 4.74 Å². The van der Waals surface area contributed by atoms with Crippen LogP contribution < -0.4 is 4.90 Å². The van der Waals surface area contributed by atoms with Gasteiger partial charge in [0.1, 0.15) is 5.82 Å². The summed E-state index contributed by atoms with van der Waals surface area (Å²) < 4.78 is 30.4. The molecule has 0 N–H and O–H groups in total. The van der Waals surface area contributed by atoms with E-state index < -0.39 is 10.0 Å². The molecule has 1 fully saturated rings. The van der Waals surface area contributed by atoms with Crippen LogP contribution in [-0.4, -0.2) is 69.3 Å². The Hall–Kier alpha value is -1.25. The third-order valence-corrected chi connectivity index (χ3v) is 4.69. The van der Waals surface area contributed by atoms with Crippen LogP contribution in [0.15, 0.2) is 12.4 Å². The molecule has 1 aliphatic heterocycles. The Kier molecular flexibility index (Phi) is 5.13. The molecule has 7 nitrogen and oxygen atoms in total. The monoisotopic (exact) mass is 314 g/mol. The molecule has 1 aliphatic rings. The third kappa shape index (κ3) is 4.62. The second-order valence-corrected chi connectivity index (χ2v) is 7.51. The summed E-state index contributed by atoms with van der Waals surface area (Å²) in [4.78, 5) is 10.6. The Morgan fingerprint density at radius 1 is 1.38 bits per heavy atom. The Bertz CT molecular complexity index is 559. The first-order valence-corrected chi connectivity index (χ1v) is 8.72. The molecule has 8 heteroatoms. The van der Waals surface area contributed by atoms with Gasteiger partial charge in [0.15, 0.2) is 0 Å². The number of hydrogen-bond donors (Lipinski definition) is 0. The van der Waals surface area contributed by atoms with Gasteiger partial charge >= 0.3 is 0 Å². The average molecular weight is 314 g/mol. The highest BCUT2D eigenvalue weighted by atomic mass is 32.2. The van der Waals surface area contributed by atoms with E-state index in [-0.39, 0.29) is 5.92 Å². The minimum atomic E-state index is -3.18. The van der Waals surface area contributed by atoms with E-state index in [1.54, 1.807) is 12.4 Å². The molecular weight excluding hydrogens is 292 g/mol. The highest BCUT2D eigenvalue weighted by Crippen LogP contribution is 2.15. The van der Waals surface area contributed by atoms with Crippen LogP contribution in [0.2, 0.25) is 0 Å². The van der Waals surface area contributed by atoms with Gasteiger partial charge in [0, 0.05) is 33.1 Å². The summed E-state index contributed by atoms with van der Waals surface area (Å²) >= 11 is 0. The molecule has 0 amide bonds. The van der Waals surface area contributed by atoms with Gasteiger partial charge in [-0.25, -0.2) is 13.4 Å². The van der Waals surface area contributed by atoms with E-state index in [1.807, 2.05) is 19.0 Å². The predicted molar refractivity (Wildman–Crippen MR) is 80.8 cm³/mol. The molecule has 21 heavy (non-hydrogen) atoms. The summed E-state index contributed by atoms with van der Waals surface area (Å²) in [5.41, 5.74) is 0.851.